The van der Waals surface area contributed by atoms with Gasteiger partial charge in [-0.15, -0.1) is 0 Å². The molecular weight excluding hydrogens is 448 g/mol. The van der Waals surface area contributed by atoms with Crippen molar-refractivity contribution in [3.63, 3.8) is 0 Å². The van der Waals surface area contributed by atoms with E-state index in [4.69, 9.17) is 9.47 Å². The van der Waals surface area contributed by atoms with Gasteiger partial charge in [-0.25, -0.2) is 0 Å². The van der Waals surface area contributed by atoms with Gasteiger partial charge >= 0.3 is 0 Å². The minimum Gasteiger partial charge on any atom is -0.496 e. The van der Waals surface area contributed by atoms with Crippen LogP contribution in [-0.2, 0) is 9.47 Å². The third kappa shape index (κ3) is 7.55. The first-order chi connectivity index (χ1) is 17.5. The molecule has 1 aromatic carbocycles. The summed E-state index contributed by atoms with van der Waals surface area (Å²) in [6.07, 6.45) is 16.9. The zero-order chi connectivity index (χ0) is 25.8. The lowest BCUT2D eigenvalue weighted by Crippen LogP contribution is -2.04. The SMILES string of the molecule is CC/C=C(/C=C/c1cc(/C=C/c2cccc3cc[nH]c23)n[nH]1)C(\OC)=C(\C)COC/C(C)=C/C=NC. The van der Waals surface area contributed by atoms with Gasteiger partial charge in [0.2, 0.25) is 0 Å². The van der Waals surface area contributed by atoms with Gasteiger partial charge in [0.1, 0.15) is 5.76 Å². The molecule has 2 aromatic heterocycles. The smallest absolute Gasteiger partial charge is 0.126 e. The first kappa shape index (κ1) is 26.7. The zero-order valence-corrected chi connectivity index (χ0v) is 21.8. The highest BCUT2D eigenvalue weighted by atomic mass is 16.5. The van der Waals surface area contributed by atoms with Crippen molar-refractivity contribution in [3.8, 4) is 0 Å². The molecule has 3 rings (SSSR count). The van der Waals surface area contributed by atoms with Crippen molar-refractivity contribution in [2.24, 2.45) is 4.99 Å². The number of methoxy groups -OCH3 is 1. The molecule has 0 radical (unpaired) electrons. The predicted molar refractivity (Wildman–Crippen MR) is 152 cm³/mol. The number of H-pyrrole nitrogens is 2. The Labute approximate surface area is 213 Å². The van der Waals surface area contributed by atoms with Crippen molar-refractivity contribution in [2.45, 2.75) is 27.2 Å². The van der Waals surface area contributed by atoms with Gasteiger partial charge in [-0.05, 0) is 78.8 Å². The van der Waals surface area contributed by atoms with Crippen LogP contribution in [0.4, 0.5) is 0 Å². The minimum atomic E-state index is 0.485. The van der Waals surface area contributed by atoms with Crippen LogP contribution in [0.5, 0.6) is 0 Å². The lowest BCUT2D eigenvalue weighted by atomic mass is 10.1. The van der Waals surface area contributed by atoms with Crippen LogP contribution in [0, 0.1) is 0 Å². The van der Waals surface area contributed by atoms with Gasteiger partial charge in [-0.1, -0.05) is 37.3 Å². The summed E-state index contributed by atoms with van der Waals surface area (Å²) in [7, 11) is 3.45. The predicted octanol–water partition coefficient (Wildman–Crippen LogP) is 6.99. The van der Waals surface area contributed by atoms with Crippen LogP contribution in [0.2, 0.25) is 0 Å². The summed E-state index contributed by atoms with van der Waals surface area (Å²) >= 11 is 0. The van der Waals surface area contributed by atoms with E-state index in [2.05, 4.69) is 69.6 Å². The number of aliphatic imine (C=N–C) groups is 1. The maximum absolute atomic E-state index is 5.87. The summed E-state index contributed by atoms with van der Waals surface area (Å²) in [5.74, 6) is 0.823. The summed E-state index contributed by atoms with van der Waals surface area (Å²) in [6.45, 7) is 7.20. The van der Waals surface area contributed by atoms with Crippen LogP contribution in [0.1, 0.15) is 44.1 Å². The summed E-state index contributed by atoms with van der Waals surface area (Å²) in [4.78, 5) is 7.27. The van der Waals surface area contributed by atoms with Crippen molar-refractivity contribution in [3.05, 3.63) is 94.2 Å². The fourth-order valence-corrected chi connectivity index (χ4v) is 3.80. The summed E-state index contributed by atoms with van der Waals surface area (Å²) in [5, 5.41) is 8.72. The topological polar surface area (TPSA) is 75.3 Å². The number of hydrogen-bond acceptors (Lipinski definition) is 4. The van der Waals surface area contributed by atoms with Crippen molar-refractivity contribution >= 4 is 35.3 Å². The van der Waals surface area contributed by atoms with Crippen molar-refractivity contribution in [1.29, 1.82) is 0 Å². The number of rotatable bonds is 12. The molecule has 3 aromatic rings. The second-order valence-corrected chi connectivity index (χ2v) is 8.50. The molecule has 0 aliphatic heterocycles. The van der Waals surface area contributed by atoms with Crippen LogP contribution in [0.3, 0.4) is 0 Å². The van der Waals surface area contributed by atoms with Gasteiger partial charge in [0.05, 0.1) is 37.2 Å². The lowest BCUT2D eigenvalue weighted by Gasteiger charge is -2.13. The van der Waals surface area contributed by atoms with Crippen LogP contribution in [-0.4, -0.2) is 48.8 Å². The first-order valence-corrected chi connectivity index (χ1v) is 12.1. The molecule has 0 atom stereocenters. The maximum Gasteiger partial charge on any atom is 0.126 e. The zero-order valence-electron chi connectivity index (χ0n) is 21.8. The Kier molecular flexibility index (Phi) is 10.3. The van der Waals surface area contributed by atoms with Crippen LogP contribution < -0.4 is 0 Å². The monoisotopic (exact) mass is 484 g/mol. The molecule has 0 unspecified atom stereocenters. The average molecular weight is 485 g/mol. The fraction of sp³-hybridized carbons (Fsp3) is 0.267. The Morgan fingerprint density at radius 1 is 1.11 bits per heavy atom. The van der Waals surface area contributed by atoms with E-state index in [1.54, 1.807) is 20.4 Å². The molecule has 0 amide bonds. The van der Waals surface area contributed by atoms with E-state index in [-0.39, 0.29) is 0 Å². The minimum absolute atomic E-state index is 0.485. The Morgan fingerprint density at radius 2 is 1.97 bits per heavy atom. The number of aromatic amines is 2. The number of nitrogens with zero attached hydrogens (tertiary/aromatic N) is 2. The number of hydrogen-bond donors (Lipinski definition) is 2. The molecule has 6 heteroatoms. The third-order valence-corrected chi connectivity index (χ3v) is 5.55. The van der Waals surface area contributed by atoms with E-state index < -0.39 is 0 Å². The number of aromatic nitrogens is 3. The Morgan fingerprint density at radius 3 is 2.75 bits per heavy atom. The number of para-hydroxylation sites is 1. The molecule has 0 saturated carbocycles. The van der Waals surface area contributed by atoms with E-state index in [0.717, 1.165) is 51.4 Å². The van der Waals surface area contributed by atoms with Crippen molar-refractivity contribution < 1.29 is 9.47 Å². The molecule has 188 valence electrons. The summed E-state index contributed by atoms with van der Waals surface area (Å²) in [5.41, 5.74) is 7.19. The molecule has 0 aliphatic rings. The summed E-state index contributed by atoms with van der Waals surface area (Å²) < 4.78 is 11.6. The highest BCUT2D eigenvalue weighted by Gasteiger charge is 2.08. The normalized spacial score (nSPS) is 14.0. The quantitative estimate of drug-likeness (QED) is 0.165. The maximum atomic E-state index is 5.87. The molecule has 0 fully saturated rings. The van der Waals surface area contributed by atoms with E-state index >= 15 is 0 Å². The largest absolute Gasteiger partial charge is 0.496 e. The molecule has 0 spiro atoms. The molecule has 2 N–H and O–H groups in total. The third-order valence-electron chi connectivity index (χ3n) is 5.55. The highest BCUT2D eigenvalue weighted by molar-refractivity contribution is 5.90. The molecule has 2 heterocycles. The van der Waals surface area contributed by atoms with Gasteiger partial charge in [-0.2, -0.15) is 5.10 Å². The fourth-order valence-electron chi connectivity index (χ4n) is 3.80. The number of nitrogens with one attached hydrogen (secondary N) is 2. The van der Waals surface area contributed by atoms with Gasteiger partial charge in [0, 0.05) is 25.0 Å². The molecule has 6 nitrogen and oxygen atoms in total. The Balaban J connectivity index is 1.70. The first-order valence-electron chi connectivity index (χ1n) is 12.1. The highest BCUT2D eigenvalue weighted by Crippen LogP contribution is 2.21. The number of allylic oxidation sites excluding steroid dienone is 3. The van der Waals surface area contributed by atoms with Crippen LogP contribution in [0.15, 0.2) is 82.2 Å². The molecular formula is C30H36N4O2. The number of ether oxygens (including phenoxy) is 2. The van der Waals surface area contributed by atoms with E-state index in [1.165, 1.54) is 5.39 Å². The lowest BCUT2D eigenvalue weighted by molar-refractivity contribution is 0.174. The Bertz CT molecular complexity index is 1320. The summed E-state index contributed by atoms with van der Waals surface area (Å²) in [6, 6.07) is 10.3. The Hall–Kier alpha value is -3.90. The molecule has 0 aliphatic carbocycles. The molecule has 36 heavy (non-hydrogen) atoms. The van der Waals surface area contributed by atoms with Crippen molar-refractivity contribution in [2.75, 3.05) is 27.4 Å². The standard InChI is InChI=1S/C30H36N4O2/c1-6-8-26(30(35-5)23(3)21-36-20-22(2)15-17-31-4)12-14-28-19-27(33-34-28)13-11-24-9-7-10-25-16-18-32-29(24)25/h7-19,32H,6,20-21H2,1-5H3,(H,33,34)/b13-11+,14-12+,22-15+,26-8-,30-23+,31-17?. The van der Waals surface area contributed by atoms with E-state index in [1.807, 2.05) is 44.3 Å². The van der Waals surface area contributed by atoms with Gasteiger partial charge in [0.25, 0.3) is 0 Å². The van der Waals surface area contributed by atoms with Gasteiger partial charge in [-0.3, -0.25) is 10.1 Å². The molecule has 0 bridgehead atoms. The number of benzene rings is 1. The van der Waals surface area contributed by atoms with Crippen molar-refractivity contribution in [1.82, 2.24) is 15.2 Å². The second kappa shape index (κ2) is 13.9. The number of fused-ring (bicyclic) bond motifs is 1. The van der Waals surface area contributed by atoms with Gasteiger partial charge < -0.3 is 14.5 Å². The molecule has 0 saturated heterocycles. The van der Waals surface area contributed by atoms with E-state index in [0.29, 0.717) is 13.2 Å². The van der Waals surface area contributed by atoms with Gasteiger partial charge in [0.15, 0.2) is 0 Å². The van der Waals surface area contributed by atoms with Crippen LogP contribution >= 0.6 is 0 Å². The average Bonchev–Trinajstić information content (AvgIpc) is 3.55. The van der Waals surface area contributed by atoms with Crippen LogP contribution in [0.25, 0.3) is 29.1 Å². The van der Waals surface area contributed by atoms with E-state index in [9.17, 15) is 0 Å². The second-order valence-electron chi connectivity index (χ2n) is 8.50.